The first-order valence-electron chi connectivity index (χ1n) is 6.41. The maximum absolute atomic E-state index is 10.7. The highest BCUT2D eigenvalue weighted by Gasteiger charge is 2.01. The summed E-state index contributed by atoms with van der Waals surface area (Å²) < 4.78 is 0. The number of carboxylic acids is 1. The Morgan fingerprint density at radius 3 is 2.25 bits per heavy atom. The van der Waals surface area contributed by atoms with Crippen molar-refractivity contribution in [2.75, 3.05) is 0 Å². The van der Waals surface area contributed by atoms with Gasteiger partial charge in [-0.25, -0.2) is 4.79 Å². The normalized spacial score (nSPS) is 11.2. The first kappa shape index (κ1) is 13.9. The molecule has 0 aliphatic carbocycles. The summed E-state index contributed by atoms with van der Waals surface area (Å²) in [5.74, 6) is -0.502. The number of azo groups is 1. The van der Waals surface area contributed by atoms with Crippen molar-refractivity contribution in [1.29, 1.82) is 0 Å². The van der Waals surface area contributed by atoms with Crippen LogP contribution in [0, 0.1) is 0 Å². The molecule has 0 saturated carbocycles. The van der Waals surface area contributed by atoms with E-state index in [1.165, 1.54) is 17.7 Å². The highest BCUT2D eigenvalue weighted by molar-refractivity contribution is 5.87. The molecule has 1 N–H and O–H groups in total. The molecule has 2 rings (SSSR count). The highest BCUT2D eigenvalue weighted by Crippen LogP contribution is 2.23. The van der Waals surface area contributed by atoms with Crippen molar-refractivity contribution in [2.24, 2.45) is 10.2 Å². The van der Waals surface area contributed by atoms with Gasteiger partial charge in [-0.05, 0) is 47.9 Å². The molecule has 2 aromatic rings. The maximum Gasteiger partial charge on any atom is 0.335 e. The van der Waals surface area contributed by atoms with Crippen LogP contribution >= 0.6 is 0 Å². The Morgan fingerprint density at radius 1 is 1.00 bits per heavy atom. The van der Waals surface area contributed by atoms with Crippen LogP contribution in [-0.4, -0.2) is 11.1 Å². The summed E-state index contributed by atoms with van der Waals surface area (Å²) in [5.41, 5.74) is 2.87. The fourth-order valence-electron chi connectivity index (χ4n) is 1.73. The molecular weight excluding hydrogens is 252 g/mol. The summed E-state index contributed by atoms with van der Waals surface area (Å²) in [6.45, 7) is 4.25. The second-order valence-corrected chi connectivity index (χ2v) is 4.80. The smallest absolute Gasteiger partial charge is 0.335 e. The highest BCUT2D eigenvalue weighted by atomic mass is 16.4. The summed E-state index contributed by atoms with van der Waals surface area (Å²) in [7, 11) is 0. The first-order chi connectivity index (χ1) is 9.56. The van der Waals surface area contributed by atoms with Crippen LogP contribution in [-0.2, 0) is 0 Å². The fourth-order valence-corrected chi connectivity index (χ4v) is 1.73. The van der Waals surface area contributed by atoms with Crippen molar-refractivity contribution in [2.45, 2.75) is 19.8 Å². The van der Waals surface area contributed by atoms with E-state index in [1.54, 1.807) is 12.1 Å². The van der Waals surface area contributed by atoms with E-state index in [0.29, 0.717) is 11.6 Å². The summed E-state index contributed by atoms with van der Waals surface area (Å²) in [5, 5.41) is 17.1. The molecule has 0 spiro atoms. The molecule has 0 bridgehead atoms. The summed E-state index contributed by atoms with van der Waals surface area (Å²) >= 11 is 0. The third-order valence-electron chi connectivity index (χ3n) is 2.93. The van der Waals surface area contributed by atoms with E-state index in [2.05, 4.69) is 30.1 Å². The van der Waals surface area contributed by atoms with Crippen LogP contribution in [0.1, 0.15) is 35.7 Å². The Kier molecular flexibility index (Phi) is 4.25. The number of hydrogen-bond donors (Lipinski definition) is 1. The lowest BCUT2D eigenvalue weighted by molar-refractivity contribution is 0.0697. The average molecular weight is 268 g/mol. The predicted octanol–water partition coefficient (Wildman–Crippen LogP) is 4.92. The van der Waals surface area contributed by atoms with Gasteiger partial charge in [0, 0.05) is 0 Å². The summed E-state index contributed by atoms with van der Waals surface area (Å²) in [6.07, 6.45) is 0. The minimum atomic E-state index is -0.946. The van der Waals surface area contributed by atoms with Crippen LogP contribution in [0.5, 0.6) is 0 Å². The van der Waals surface area contributed by atoms with E-state index in [1.807, 2.05) is 18.2 Å². The van der Waals surface area contributed by atoms with Gasteiger partial charge in [0.2, 0.25) is 0 Å². The van der Waals surface area contributed by atoms with E-state index >= 15 is 0 Å². The molecule has 0 aliphatic rings. The van der Waals surface area contributed by atoms with Gasteiger partial charge in [0.25, 0.3) is 0 Å². The number of hydrogen-bond acceptors (Lipinski definition) is 3. The minimum absolute atomic E-state index is 0.241. The largest absolute Gasteiger partial charge is 0.478 e. The minimum Gasteiger partial charge on any atom is -0.478 e. The molecule has 4 nitrogen and oxygen atoms in total. The molecule has 2 aromatic carbocycles. The molecule has 0 atom stereocenters. The molecule has 0 aliphatic heterocycles. The number of aromatic carboxylic acids is 1. The Bertz CT molecular complexity index is 631. The molecule has 4 heteroatoms. The van der Waals surface area contributed by atoms with Gasteiger partial charge in [0.05, 0.1) is 16.9 Å². The predicted molar refractivity (Wildman–Crippen MR) is 78.1 cm³/mol. The third kappa shape index (κ3) is 3.51. The Labute approximate surface area is 117 Å². The van der Waals surface area contributed by atoms with Crippen LogP contribution < -0.4 is 0 Å². The summed E-state index contributed by atoms with van der Waals surface area (Å²) in [6, 6.07) is 14.2. The quantitative estimate of drug-likeness (QED) is 0.799. The van der Waals surface area contributed by atoms with Gasteiger partial charge in [-0.15, -0.1) is 0 Å². The van der Waals surface area contributed by atoms with Gasteiger partial charge < -0.3 is 5.11 Å². The van der Waals surface area contributed by atoms with Gasteiger partial charge in [-0.1, -0.05) is 26.0 Å². The number of carbonyl (C=O) groups is 1. The molecule has 0 fully saturated rings. The van der Waals surface area contributed by atoms with Gasteiger partial charge in [0.1, 0.15) is 0 Å². The Balaban J connectivity index is 2.16. The topological polar surface area (TPSA) is 62.0 Å². The van der Waals surface area contributed by atoms with E-state index in [0.717, 1.165) is 5.69 Å². The van der Waals surface area contributed by atoms with E-state index in [4.69, 9.17) is 5.11 Å². The molecule has 0 amide bonds. The lowest BCUT2D eigenvalue weighted by Gasteiger charge is -2.04. The second-order valence-electron chi connectivity index (χ2n) is 4.80. The monoisotopic (exact) mass is 268 g/mol. The maximum atomic E-state index is 10.7. The number of rotatable bonds is 4. The number of carboxylic acid groups (broad SMARTS) is 1. The number of benzene rings is 2. The van der Waals surface area contributed by atoms with Gasteiger partial charge in [0.15, 0.2) is 0 Å². The van der Waals surface area contributed by atoms with Crippen LogP contribution in [0.25, 0.3) is 0 Å². The van der Waals surface area contributed by atoms with Crippen LogP contribution in [0.15, 0.2) is 58.8 Å². The second kappa shape index (κ2) is 6.10. The lowest BCUT2D eigenvalue weighted by atomic mass is 10.0. The van der Waals surface area contributed by atoms with Crippen molar-refractivity contribution in [3.63, 3.8) is 0 Å². The van der Waals surface area contributed by atoms with Crippen molar-refractivity contribution in [1.82, 2.24) is 0 Å². The SMILES string of the molecule is CC(C)c1cccc(N=Nc2ccc(C(=O)O)cc2)c1. The molecule has 0 aromatic heterocycles. The van der Waals surface area contributed by atoms with Crippen LogP contribution in [0.3, 0.4) is 0 Å². The van der Waals surface area contributed by atoms with E-state index in [9.17, 15) is 4.79 Å². The molecular formula is C16H16N2O2. The zero-order valence-corrected chi connectivity index (χ0v) is 11.4. The van der Waals surface area contributed by atoms with Crippen molar-refractivity contribution < 1.29 is 9.90 Å². The van der Waals surface area contributed by atoms with Crippen molar-refractivity contribution in [3.8, 4) is 0 Å². The number of nitrogens with zero attached hydrogens (tertiary/aromatic N) is 2. The zero-order valence-electron chi connectivity index (χ0n) is 11.4. The van der Waals surface area contributed by atoms with Crippen molar-refractivity contribution in [3.05, 3.63) is 59.7 Å². The average Bonchev–Trinajstić information content (AvgIpc) is 2.46. The standard InChI is InChI=1S/C16H16N2O2/c1-11(2)13-4-3-5-15(10-13)18-17-14-8-6-12(7-9-14)16(19)20/h3-11H,1-2H3,(H,19,20). The van der Waals surface area contributed by atoms with Gasteiger partial charge in [-0.2, -0.15) is 10.2 Å². The Hall–Kier alpha value is -2.49. The first-order valence-corrected chi connectivity index (χ1v) is 6.41. The van der Waals surface area contributed by atoms with E-state index < -0.39 is 5.97 Å². The van der Waals surface area contributed by atoms with Crippen molar-refractivity contribution >= 4 is 17.3 Å². The van der Waals surface area contributed by atoms with Gasteiger partial charge >= 0.3 is 5.97 Å². The Morgan fingerprint density at radius 2 is 1.65 bits per heavy atom. The van der Waals surface area contributed by atoms with E-state index in [-0.39, 0.29) is 5.56 Å². The lowest BCUT2D eigenvalue weighted by Crippen LogP contribution is -1.93. The van der Waals surface area contributed by atoms with Crippen LogP contribution in [0.4, 0.5) is 11.4 Å². The fraction of sp³-hybridized carbons (Fsp3) is 0.188. The molecule has 0 unspecified atom stereocenters. The third-order valence-corrected chi connectivity index (χ3v) is 2.93. The molecule has 102 valence electrons. The summed E-state index contributed by atoms with van der Waals surface area (Å²) in [4.78, 5) is 10.7. The molecule has 0 radical (unpaired) electrons. The van der Waals surface area contributed by atoms with Crippen LogP contribution in [0.2, 0.25) is 0 Å². The zero-order chi connectivity index (χ0) is 14.5. The molecule has 0 saturated heterocycles. The van der Waals surface area contributed by atoms with Gasteiger partial charge in [-0.3, -0.25) is 0 Å². The molecule has 20 heavy (non-hydrogen) atoms. The molecule has 0 heterocycles.